The van der Waals surface area contributed by atoms with Gasteiger partial charge >= 0.3 is 6.18 Å². The smallest absolute Gasteiger partial charge is 0.334 e. The van der Waals surface area contributed by atoms with Crippen LogP contribution in [0.25, 0.3) is 11.2 Å². The van der Waals surface area contributed by atoms with Gasteiger partial charge in [0.25, 0.3) is 11.8 Å². The van der Waals surface area contributed by atoms with Gasteiger partial charge in [0.15, 0.2) is 5.78 Å². The third-order valence-corrected chi connectivity index (χ3v) is 7.29. The van der Waals surface area contributed by atoms with E-state index in [0.717, 1.165) is 17.8 Å². The van der Waals surface area contributed by atoms with Crippen LogP contribution in [0.2, 0.25) is 0 Å². The normalized spacial score (nSPS) is 18.1. The van der Waals surface area contributed by atoms with Gasteiger partial charge in [0.05, 0.1) is 34.4 Å². The molecule has 0 saturated heterocycles. The van der Waals surface area contributed by atoms with E-state index in [9.17, 15) is 27.6 Å². The minimum atomic E-state index is -4.70. The van der Waals surface area contributed by atoms with Gasteiger partial charge in [-0.25, -0.2) is 4.98 Å². The number of ketones is 1. The van der Waals surface area contributed by atoms with Crippen LogP contribution >= 0.6 is 0 Å². The van der Waals surface area contributed by atoms with E-state index in [-0.39, 0.29) is 28.8 Å². The summed E-state index contributed by atoms with van der Waals surface area (Å²) in [7, 11) is 0. The number of alkyl halides is 3. The van der Waals surface area contributed by atoms with Crippen LogP contribution in [-0.2, 0) is 22.2 Å². The molecule has 3 aliphatic heterocycles. The number of rotatable bonds is 4. The van der Waals surface area contributed by atoms with Crippen LogP contribution in [0.4, 0.5) is 18.9 Å². The number of hydrogen-bond acceptors (Lipinski definition) is 7. The van der Waals surface area contributed by atoms with Gasteiger partial charge in [0.1, 0.15) is 17.4 Å². The maximum Gasteiger partial charge on any atom is 0.433 e. The maximum atomic E-state index is 13.5. The summed E-state index contributed by atoms with van der Waals surface area (Å²) in [5.74, 6) is -1.74. The molecule has 0 radical (unpaired) electrons. The van der Waals surface area contributed by atoms with Gasteiger partial charge in [-0.15, -0.1) is 0 Å². The molecule has 7 rings (SSSR count). The first-order valence-corrected chi connectivity index (χ1v) is 12.5. The number of carbonyl (C=O) groups is 3. The number of imide groups is 1. The Morgan fingerprint density at radius 1 is 1.00 bits per heavy atom. The Morgan fingerprint density at radius 3 is 2.66 bits per heavy atom. The first-order chi connectivity index (χ1) is 19.7. The van der Waals surface area contributed by atoms with Crippen molar-refractivity contribution in [1.29, 1.82) is 0 Å². The van der Waals surface area contributed by atoms with Crippen molar-refractivity contribution in [1.82, 2.24) is 19.7 Å². The largest absolute Gasteiger partial charge is 0.433 e. The number of aliphatic imine (C=N–C) groups is 1. The van der Waals surface area contributed by atoms with Crippen LogP contribution in [0.5, 0.6) is 0 Å². The van der Waals surface area contributed by atoms with Crippen molar-refractivity contribution in [2.45, 2.75) is 18.6 Å². The lowest BCUT2D eigenvalue weighted by molar-refractivity contribution is -0.141. The molecule has 41 heavy (non-hydrogen) atoms. The van der Waals surface area contributed by atoms with Crippen LogP contribution < -0.4 is 10.2 Å². The monoisotopic (exact) mass is 554 g/mol. The van der Waals surface area contributed by atoms with Gasteiger partial charge in [-0.2, -0.15) is 13.2 Å². The van der Waals surface area contributed by atoms with Gasteiger partial charge in [-0.05, 0) is 29.8 Å². The Labute approximate surface area is 229 Å². The molecule has 3 aromatic heterocycles. The van der Waals surface area contributed by atoms with Crippen LogP contribution in [-0.4, -0.2) is 43.7 Å². The van der Waals surface area contributed by atoms with E-state index in [4.69, 9.17) is 0 Å². The Bertz CT molecular complexity index is 1920. The van der Waals surface area contributed by atoms with Crippen LogP contribution in [0, 0.1) is 0 Å². The number of imidazole rings is 1. The Morgan fingerprint density at radius 2 is 1.83 bits per heavy atom. The number of para-hydroxylation sites is 1. The van der Waals surface area contributed by atoms with Crippen LogP contribution in [0.1, 0.15) is 32.9 Å². The predicted octanol–water partition coefficient (Wildman–Crippen LogP) is 3.75. The molecular weight excluding hydrogens is 537 g/mol. The van der Waals surface area contributed by atoms with E-state index in [1.165, 1.54) is 18.5 Å². The molecule has 12 heteroatoms. The summed E-state index contributed by atoms with van der Waals surface area (Å²) in [5.41, 5.74) is 1.93. The van der Waals surface area contributed by atoms with Crippen molar-refractivity contribution >= 4 is 40.2 Å². The summed E-state index contributed by atoms with van der Waals surface area (Å²) in [6.45, 7) is 0. The van der Waals surface area contributed by atoms with E-state index < -0.39 is 35.5 Å². The van der Waals surface area contributed by atoms with E-state index in [1.807, 2.05) is 6.07 Å². The molecule has 0 bridgehead atoms. The number of nitrogens with one attached hydrogen (secondary N) is 1. The van der Waals surface area contributed by atoms with Crippen LogP contribution in [0.3, 0.4) is 0 Å². The van der Waals surface area contributed by atoms with Crippen molar-refractivity contribution in [2.24, 2.45) is 4.99 Å². The predicted molar refractivity (Wildman–Crippen MR) is 141 cm³/mol. The number of benzene rings is 1. The standard InChI is InChI=1S/C29H17F3N6O3/c30-29(31,32)20-13-16(7-8-33-20)26(39)18-12-15-4-3-5-17-24(34-9-11-38(18)25(15)17)23-22(27(40)36-28(23)41)19-14-35-21-6-1-2-10-37(19)21/h1-11,13-14,18H,12H2,(H,36,40,41). The number of pyridine rings is 2. The van der Waals surface area contributed by atoms with Crippen molar-refractivity contribution in [3.05, 3.63) is 113 Å². The third-order valence-electron chi connectivity index (χ3n) is 7.29. The number of nitrogens with zero attached hydrogens (tertiary/aromatic N) is 5. The van der Waals surface area contributed by atoms with E-state index in [1.54, 1.807) is 52.0 Å². The molecule has 0 aliphatic carbocycles. The van der Waals surface area contributed by atoms with E-state index >= 15 is 0 Å². The molecule has 202 valence electrons. The molecule has 1 unspecified atom stereocenters. The molecule has 0 spiro atoms. The van der Waals surface area contributed by atoms with Crippen molar-refractivity contribution in [3.63, 3.8) is 0 Å². The zero-order valence-electron chi connectivity index (χ0n) is 20.9. The molecule has 9 nitrogen and oxygen atoms in total. The Balaban J connectivity index is 1.34. The van der Waals surface area contributed by atoms with Crippen molar-refractivity contribution < 1.29 is 27.6 Å². The number of aromatic nitrogens is 3. The molecule has 1 N–H and O–H groups in total. The lowest BCUT2D eigenvalue weighted by Crippen LogP contribution is -2.35. The lowest BCUT2D eigenvalue weighted by Gasteiger charge is -2.23. The summed E-state index contributed by atoms with van der Waals surface area (Å²) < 4.78 is 41.5. The van der Waals surface area contributed by atoms with Gasteiger partial charge < -0.3 is 4.90 Å². The van der Waals surface area contributed by atoms with Gasteiger partial charge in [0.2, 0.25) is 0 Å². The molecule has 1 aromatic carbocycles. The second-order valence-electron chi connectivity index (χ2n) is 9.61. The minimum Gasteiger partial charge on any atom is -0.334 e. The fraction of sp³-hybridized carbons (Fsp3) is 0.103. The van der Waals surface area contributed by atoms with Crippen LogP contribution in [0.15, 0.2) is 90.1 Å². The average molecular weight is 554 g/mol. The number of Topliss-reactive ketones (excluding diaryl/α,β-unsaturated/α-hetero) is 1. The number of amides is 2. The second-order valence-corrected chi connectivity index (χ2v) is 9.61. The highest BCUT2D eigenvalue weighted by Crippen LogP contribution is 2.41. The number of fused-ring (bicyclic) bond motifs is 1. The summed E-state index contributed by atoms with van der Waals surface area (Å²) in [5, 5.41) is 2.36. The molecule has 4 aromatic rings. The molecule has 1 atom stereocenters. The van der Waals surface area contributed by atoms with Gasteiger partial charge in [0, 0.05) is 42.3 Å². The minimum absolute atomic E-state index is 0.0549. The second kappa shape index (κ2) is 8.81. The number of halogens is 3. The van der Waals surface area contributed by atoms with Crippen molar-refractivity contribution in [2.75, 3.05) is 4.90 Å². The third kappa shape index (κ3) is 3.78. The Hall–Kier alpha value is -5.39. The maximum absolute atomic E-state index is 13.5. The Kier molecular flexibility index (Phi) is 5.29. The fourth-order valence-corrected chi connectivity index (χ4v) is 5.53. The highest BCUT2D eigenvalue weighted by Gasteiger charge is 2.42. The molecular formula is C29H17F3N6O3. The SMILES string of the molecule is O=C1NC(=O)C(c2cnc3ccccn23)=C1C1=NC=CN2c3c(cccc31)CC2C(=O)c1ccnc(C(F)(F)F)c1. The summed E-state index contributed by atoms with van der Waals surface area (Å²) >= 11 is 0. The first kappa shape index (κ1) is 24.6. The zero-order chi connectivity index (χ0) is 28.5. The van der Waals surface area contributed by atoms with E-state index in [0.29, 0.717) is 22.6 Å². The summed E-state index contributed by atoms with van der Waals surface area (Å²) in [6.07, 6.45) is 2.69. The average Bonchev–Trinajstić information content (AvgIpc) is 3.58. The molecule has 0 saturated carbocycles. The highest BCUT2D eigenvalue weighted by atomic mass is 19.4. The first-order valence-electron chi connectivity index (χ1n) is 12.5. The summed E-state index contributed by atoms with van der Waals surface area (Å²) in [6, 6.07) is 11.8. The quantitative estimate of drug-likeness (QED) is 0.304. The number of hydrogen-bond donors (Lipinski definition) is 1. The highest BCUT2D eigenvalue weighted by molar-refractivity contribution is 6.47. The number of carbonyl (C=O) groups excluding carboxylic acids is 3. The van der Waals surface area contributed by atoms with Gasteiger partial charge in [-0.1, -0.05) is 24.3 Å². The fourth-order valence-electron chi connectivity index (χ4n) is 5.53. The van der Waals surface area contributed by atoms with Gasteiger partial charge in [-0.3, -0.25) is 34.1 Å². The summed E-state index contributed by atoms with van der Waals surface area (Å²) in [4.78, 5) is 53.7. The van der Waals surface area contributed by atoms with Crippen molar-refractivity contribution in [3.8, 4) is 0 Å². The molecule has 6 heterocycles. The topological polar surface area (TPSA) is 109 Å². The molecule has 3 aliphatic rings. The molecule has 0 fully saturated rings. The lowest BCUT2D eigenvalue weighted by atomic mass is 9.94. The molecule has 2 amide bonds. The zero-order valence-corrected chi connectivity index (χ0v) is 20.9. The number of anilines is 1. The van der Waals surface area contributed by atoms with E-state index in [2.05, 4.69) is 20.3 Å².